The Labute approximate surface area is 100 Å². The van der Waals surface area contributed by atoms with Gasteiger partial charge in [-0.2, -0.15) is 0 Å². The molecule has 0 amide bonds. The Bertz CT molecular complexity index is 378. The first kappa shape index (κ1) is 11.9. The Hall–Kier alpha value is -1.62. The van der Waals surface area contributed by atoms with Gasteiger partial charge in [-0.05, 0) is 18.7 Å². The first-order chi connectivity index (χ1) is 8.29. The van der Waals surface area contributed by atoms with E-state index in [0.717, 1.165) is 18.8 Å². The second-order valence-electron chi connectivity index (χ2n) is 3.83. The maximum atomic E-state index is 11.2. The number of rotatable bonds is 5. The van der Waals surface area contributed by atoms with Gasteiger partial charge < -0.3 is 14.8 Å². The first-order valence-electron chi connectivity index (χ1n) is 5.78. The lowest BCUT2D eigenvalue weighted by atomic mass is 10.3. The maximum absolute atomic E-state index is 11.2. The third-order valence-electron chi connectivity index (χ3n) is 2.52. The lowest BCUT2D eigenvalue weighted by molar-refractivity contribution is -0.143. The predicted octanol–water partition coefficient (Wildman–Crippen LogP) is 0.885. The van der Waals surface area contributed by atoms with Crippen molar-refractivity contribution in [2.45, 2.75) is 26.0 Å². The smallest absolute Gasteiger partial charge is 0.347 e. The number of hydrogen-bond donors (Lipinski definition) is 1. The number of cyclic esters (lactones) is 1. The summed E-state index contributed by atoms with van der Waals surface area (Å²) in [5, 5.41) is 3.19. The van der Waals surface area contributed by atoms with Crippen LogP contribution in [0.3, 0.4) is 0 Å². The molecule has 1 aromatic rings. The number of aromatic nitrogens is 1. The molecule has 1 saturated heterocycles. The molecule has 92 valence electrons. The molecule has 0 spiro atoms. The lowest BCUT2D eigenvalue weighted by Gasteiger charge is -2.09. The highest BCUT2D eigenvalue weighted by Gasteiger charge is 2.28. The number of nitrogens with zero attached hydrogens (tertiary/aromatic N) is 1. The Morgan fingerprint density at radius 1 is 1.59 bits per heavy atom. The van der Waals surface area contributed by atoms with Crippen LogP contribution in [0, 0.1) is 0 Å². The zero-order chi connectivity index (χ0) is 12.1. The molecule has 0 aliphatic carbocycles. The SMILES string of the molecule is CCNCc1ccc(OC2CCOC2=O)cn1. The number of hydrogen-bond acceptors (Lipinski definition) is 5. The fraction of sp³-hybridized carbons (Fsp3) is 0.500. The lowest BCUT2D eigenvalue weighted by Crippen LogP contribution is -2.21. The molecule has 2 rings (SSSR count). The molecular weight excluding hydrogens is 220 g/mol. The molecule has 1 N–H and O–H groups in total. The van der Waals surface area contributed by atoms with Crippen molar-refractivity contribution in [1.82, 2.24) is 10.3 Å². The summed E-state index contributed by atoms with van der Waals surface area (Å²) in [7, 11) is 0. The zero-order valence-corrected chi connectivity index (χ0v) is 9.81. The summed E-state index contributed by atoms with van der Waals surface area (Å²) in [5.74, 6) is 0.316. The molecule has 0 saturated carbocycles. The summed E-state index contributed by atoms with van der Waals surface area (Å²) in [6.45, 7) is 4.13. The van der Waals surface area contributed by atoms with Crippen LogP contribution in [0.5, 0.6) is 5.75 Å². The quantitative estimate of drug-likeness (QED) is 0.769. The minimum absolute atomic E-state index is 0.290. The number of esters is 1. The van der Waals surface area contributed by atoms with Crippen molar-refractivity contribution in [1.29, 1.82) is 0 Å². The topological polar surface area (TPSA) is 60.5 Å². The maximum Gasteiger partial charge on any atom is 0.347 e. The largest absolute Gasteiger partial charge is 0.477 e. The number of carbonyl (C=O) groups excluding carboxylic acids is 1. The van der Waals surface area contributed by atoms with Crippen molar-refractivity contribution in [3.63, 3.8) is 0 Å². The van der Waals surface area contributed by atoms with Gasteiger partial charge in [0.15, 0.2) is 6.10 Å². The summed E-state index contributed by atoms with van der Waals surface area (Å²) in [6.07, 6.45) is 1.77. The Kier molecular flexibility index (Phi) is 3.93. The molecule has 1 fully saturated rings. The van der Waals surface area contributed by atoms with Gasteiger partial charge >= 0.3 is 5.97 Å². The van der Waals surface area contributed by atoms with Crippen molar-refractivity contribution < 1.29 is 14.3 Å². The minimum atomic E-state index is -0.476. The van der Waals surface area contributed by atoms with Crippen molar-refractivity contribution in [2.24, 2.45) is 0 Å². The molecule has 17 heavy (non-hydrogen) atoms. The number of nitrogens with one attached hydrogen (secondary N) is 1. The van der Waals surface area contributed by atoms with E-state index in [4.69, 9.17) is 9.47 Å². The Balaban J connectivity index is 1.91. The summed E-state index contributed by atoms with van der Waals surface area (Å²) in [4.78, 5) is 15.5. The molecule has 1 unspecified atom stereocenters. The van der Waals surface area contributed by atoms with E-state index in [9.17, 15) is 4.79 Å². The fourth-order valence-corrected chi connectivity index (χ4v) is 1.59. The monoisotopic (exact) mass is 236 g/mol. The first-order valence-corrected chi connectivity index (χ1v) is 5.78. The molecule has 2 heterocycles. The average Bonchev–Trinajstić information content (AvgIpc) is 2.74. The standard InChI is InChI=1S/C12H16N2O3/c1-2-13-7-9-3-4-10(8-14-9)17-11-5-6-16-12(11)15/h3-4,8,11,13H,2,5-7H2,1H3. The Morgan fingerprint density at radius 3 is 3.06 bits per heavy atom. The van der Waals surface area contributed by atoms with Crippen LogP contribution in [-0.2, 0) is 16.1 Å². The van der Waals surface area contributed by atoms with Gasteiger partial charge in [0, 0.05) is 13.0 Å². The third-order valence-corrected chi connectivity index (χ3v) is 2.52. The van der Waals surface area contributed by atoms with E-state index in [1.165, 1.54) is 0 Å². The van der Waals surface area contributed by atoms with E-state index in [1.54, 1.807) is 6.20 Å². The highest BCUT2D eigenvalue weighted by atomic mass is 16.6. The van der Waals surface area contributed by atoms with E-state index in [2.05, 4.69) is 10.3 Å². The van der Waals surface area contributed by atoms with Crippen LogP contribution in [0.25, 0.3) is 0 Å². The summed E-state index contributed by atoms with van der Waals surface area (Å²) >= 11 is 0. The number of pyridine rings is 1. The second kappa shape index (κ2) is 5.63. The van der Waals surface area contributed by atoms with Crippen LogP contribution in [0.2, 0.25) is 0 Å². The number of carbonyl (C=O) groups is 1. The molecule has 0 aromatic carbocycles. The van der Waals surface area contributed by atoms with Gasteiger partial charge in [0.25, 0.3) is 0 Å². The van der Waals surface area contributed by atoms with Crippen LogP contribution in [0.15, 0.2) is 18.3 Å². The average molecular weight is 236 g/mol. The van der Waals surface area contributed by atoms with Crippen molar-refractivity contribution in [3.8, 4) is 5.75 Å². The van der Waals surface area contributed by atoms with Crippen LogP contribution in [0.1, 0.15) is 19.0 Å². The van der Waals surface area contributed by atoms with Gasteiger partial charge in [0.05, 0.1) is 18.5 Å². The number of ether oxygens (including phenoxy) is 2. The summed E-state index contributed by atoms with van der Waals surface area (Å²) in [5.41, 5.74) is 0.952. The molecule has 1 aliphatic rings. The minimum Gasteiger partial charge on any atom is -0.477 e. The summed E-state index contributed by atoms with van der Waals surface area (Å²) in [6, 6.07) is 3.71. The van der Waals surface area contributed by atoms with E-state index >= 15 is 0 Å². The molecular formula is C12H16N2O3. The summed E-state index contributed by atoms with van der Waals surface area (Å²) < 4.78 is 10.3. The van der Waals surface area contributed by atoms with E-state index < -0.39 is 6.10 Å². The molecule has 1 atom stereocenters. The van der Waals surface area contributed by atoms with Crippen LogP contribution in [-0.4, -0.2) is 30.2 Å². The van der Waals surface area contributed by atoms with Gasteiger partial charge in [-0.1, -0.05) is 6.92 Å². The van der Waals surface area contributed by atoms with Crippen molar-refractivity contribution >= 4 is 5.97 Å². The Morgan fingerprint density at radius 2 is 2.47 bits per heavy atom. The van der Waals surface area contributed by atoms with E-state index in [0.29, 0.717) is 18.8 Å². The fourth-order valence-electron chi connectivity index (χ4n) is 1.59. The zero-order valence-electron chi connectivity index (χ0n) is 9.81. The third kappa shape index (κ3) is 3.17. The van der Waals surface area contributed by atoms with Crippen LogP contribution in [0.4, 0.5) is 0 Å². The molecule has 1 aliphatic heterocycles. The molecule has 5 nitrogen and oxygen atoms in total. The molecule has 1 aromatic heterocycles. The molecule has 0 radical (unpaired) electrons. The molecule has 5 heteroatoms. The molecule has 0 bridgehead atoms. The van der Waals surface area contributed by atoms with Crippen molar-refractivity contribution in [2.75, 3.05) is 13.2 Å². The normalized spacial score (nSPS) is 19.1. The predicted molar refractivity (Wildman–Crippen MR) is 61.6 cm³/mol. The van der Waals surface area contributed by atoms with Gasteiger partial charge in [-0.15, -0.1) is 0 Å². The van der Waals surface area contributed by atoms with Gasteiger partial charge in [0.1, 0.15) is 5.75 Å². The van der Waals surface area contributed by atoms with Gasteiger partial charge in [-0.3, -0.25) is 4.98 Å². The van der Waals surface area contributed by atoms with Gasteiger partial charge in [-0.25, -0.2) is 4.79 Å². The highest BCUT2D eigenvalue weighted by Crippen LogP contribution is 2.16. The van der Waals surface area contributed by atoms with Gasteiger partial charge in [0.2, 0.25) is 0 Å². The van der Waals surface area contributed by atoms with E-state index in [1.807, 2.05) is 19.1 Å². The van der Waals surface area contributed by atoms with Crippen LogP contribution < -0.4 is 10.1 Å². The van der Waals surface area contributed by atoms with Crippen molar-refractivity contribution in [3.05, 3.63) is 24.0 Å². The van der Waals surface area contributed by atoms with Crippen LogP contribution >= 0.6 is 0 Å². The highest BCUT2D eigenvalue weighted by molar-refractivity contribution is 5.76. The second-order valence-corrected chi connectivity index (χ2v) is 3.83. The van der Waals surface area contributed by atoms with E-state index in [-0.39, 0.29) is 5.97 Å².